The molecule has 0 aliphatic carbocycles. The zero-order valence-corrected chi connectivity index (χ0v) is 15.6. The van der Waals surface area contributed by atoms with Gasteiger partial charge in [0.2, 0.25) is 11.8 Å². The monoisotopic (exact) mass is 394 g/mol. The SMILES string of the molecule is COC(=O)c1ccccc1N(CC(=O)Nc1cccc(Cl)c1Cl)C(C)=O. The van der Waals surface area contributed by atoms with Gasteiger partial charge in [-0.3, -0.25) is 9.59 Å². The van der Waals surface area contributed by atoms with Crippen LogP contribution in [0.2, 0.25) is 10.0 Å². The van der Waals surface area contributed by atoms with Crippen LogP contribution in [-0.4, -0.2) is 31.4 Å². The summed E-state index contributed by atoms with van der Waals surface area (Å²) in [5, 5.41) is 3.10. The first-order chi connectivity index (χ1) is 12.3. The third-order valence-electron chi connectivity index (χ3n) is 3.51. The van der Waals surface area contributed by atoms with Gasteiger partial charge in [-0.2, -0.15) is 0 Å². The van der Waals surface area contributed by atoms with E-state index in [4.69, 9.17) is 27.9 Å². The van der Waals surface area contributed by atoms with Gasteiger partial charge in [0.25, 0.3) is 0 Å². The molecule has 8 heteroatoms. The number of nitrogens with one attached hydrogen (secondary N) is 1. The first-order valence-corrected chi connectivity index (χ1v) is 8.30. The Balaban J connectivity index is 2.27. The van der Waals surface area contributed by atoms with E-state index in [1.165, 1.54) is 25.0 Å². The van der Waals surface area contributed by atoms with E-state index >= 15 is 0 Å². The van der Waals surface area contributed by atoms with Crippen molar-refractivity contribution in [2.24, 2.45) is 0 Å². The number of esters is 1. The van der Waals surface area contributed by atoms with Gasteiger partial charge in [0, 0.05) is 6.92 Å². The third-order valence-corrected chi connectivity index (χ3v) is 4.33. The quantitative estimate of drug-likeness (QED) is 0.782. The van der Waals surface area contributed by atoms with Crippen molar-refractivity contribution in [1.82, 2.24) is 0 Å². The van der Waals surface area contributed by atoms with Crippen molar-refractivity contribution < 1.29 is 19.1 Å². The number of hydrogen-bond donors (Lipinski definition) is 1. The zero-order valence-electron chi connectivity index (χ0n) is 14.1. The van der Waals surface area contributed by atoms with Gasteiger partial charge in [0.1, 0.15) is 6.54 Å². The van der Waals surface area contributed by atoms with Crippen LogP contribution in [0.15, 0.2) is 42.5 Å². The lowest BCUT2D eigenvalue weighted by molar-refractivity contribution is -0.120. The van der Waals surface area contributed by atoms with Gasteiger partial charge in [-0.15, -0.1) is 0 Å². The number of amides is 2. The van der Waals surface area contributed by atoms with Crippen molar-refractivity contribution in [3.05, 3.63) is 58.1 Å². The van der Waals surface area contributed by atoms with Gasteiger partial charge >= 0.3 is 5.97 Å². The van der Waals surface area contributed by atoms with E-state index in [1.807, 2.05) is 0 Å². The topological polar surface area (TPSA) is 75.7 Å². The fourth-order valence-electron chi connectivity index (χ4n) is 2.29. The highest BCUT2D eigenvalue weighted by Crippen LogP contribution is 2.29. The van der Waals surface area contributed by atoms with Crippen LogP contribution < -0.4 is 10.2 Å². The van der Waals surface area contributed by atoms with E-state index in [-0.39, 0.29) is 22.8 Å². The zero-order chi connectivity index (χ0) is 19.3. The lowest BCUT2D eigenvalue weighted by Crippen LogP contribution is -2.37. The van der Waals surface area contributed by atoms with Crippen LogP contribution >= 0.6 is 23.2 Å². The second kappa shape index (κ2) is 8.69. The summed E-state index contributed by atoms with van der Waals surface area (Å²) in [7, 11) is 1.24. The lowest BCUT2D eigenvalue weighted by atomic mass is 10.1. The number of carbonyl (C=O) groups is 3. The molecule has 0 radical (unpaired) electrons. The predicted molar refractivity (Wildman–Crippen MR) is 101 cm³/mol. The summed E-state index contributed by atoms with van der Waals surface area (Å²) in [6.07, 6.45) is 0. The highest BCUT2D eigenvalue weighted by Gasteiger charge is 2.22. The number of anilines is 2. The molecule has 0 aliphatic rings. The highest BCUT2D eigenvalue weighted by atomic mass is 35.5. The molecular weight excluding hydrogens is 379 g/mol. The van der Waals surface area contributed by atoms with Gasteiger partial charge in [-0.1, -0.05) is 41.4 Å². The maximum absolute atomic E-state index is 12.4. The Kier molecular flexibility index (Phi) is 6.60. The molecule has 2 rings (SSSR count). The van der Waals surface area contributed by atoms with Crippen LogP contribution in [0, 0.1) is 0 Å². The van der Waals surface area contributed by atoms with Gasteiger partial charge in [0.05, 0.1) is 34.1 Å². The molecule has 0 spiro atoms. The summed E-state index contributed by atoms with van der Waals surface area (Å²) in [6.45, 7) is 0.986. The normalized spacial score (nSPS) is 10.2. The molecule has 0 atom stereocenters. The molecule has 0 heterocycles. The van der Waals surface area contributed by atoms with Gasteiger partial charge in [-0.05, 0) is 24.3 Å². The summed E-state index contributed by atoms with van der Waals surface area (Å²) < 4.78 is 4.73. The first kappa shape index (κ1) is 19.8. The van der Waals surface area contributed by atoms with E-state index in [0.717, 1.165) is 0 Å². The van der Waals surface area contributed by atoms with E-state index in [9.17, 15) is 14.4 Å². The van der Waals surface area contributed by atoms with Gasteiger partial charge in [-0.25, -0.2) is 4.79 Å². The maximum Gasteiger partial charge on any atom is 0.339 e. The van der Waals surface area contributed by atoms with E-state index < -0.39 is 17.8 Å². The minimum atomic E-state index is -0.606. The molecule has 0 saturated heterocycles. The Hall–Kier alpha value is -2.57. The van der Waals surface area contributed by atoms with Crippen molar-refractivity contribution in [1.29, 1.82) is 0 Å². The second-order valence-electron chi connectivity index (χ2n) is 5.26. The summed E-state index contributed by atoms with van der Waals surface area (Å²) >= 11 is 12.0. The fourth-order valence-corrected chi connectivity index (χ4v) is 2.64. The Morgan fingerprint density at radius 3 is 2.42 bits per heavy atom. The molecule has 26 heavy (non-hydrogen) atoms. The Morgan fingerprint density at radius 2 is 1.77 bits per heavy atom. The average Bonchev–Trinajstić information content (AvgIpc) is 2.62. The molecule has 0 bridgehead atoms. The Bertz CT molecular complexity index is 855. The molecule has 2 aromatic carbocycles. The van der Waals surface area contributed by atoms with E-state index in [2.05, 4.69) is 5.32 Å². The minimum Gasteiger partial charge on any atom is -0.465 e. The summed E-state index contributed by atoms with van der Waals surface area (Å²) in [5.74, 6) is -1.51. The molecule has 1 N–H and O–H groups in total. The second-order valence-corrected chi connectivity index (χ2v) is 6.05. The molecule has 0 saturated carbocycles. The number of carbonyl (C=O) groups excluding carboxylic acids is 3. The van der Waals surface area contributed by atoms with Crippen molar-refractivity contribution in [3.63, 3.8) is 0 Å². The van der Waals surface area contributed by atoms with E-state index in [1.54, 1.807) is 36.4 Å². The molecule has 2 aromatic rings. The van der Waals surface area contributed by atoms with Crippen LogP contribution in [0.25, 0.3) is 0 Å². The molecule has 0 aliphatic heterocycles. The van der Waals surface area contributed by atoms with Crippen molar-refractivity contribution in [2.45, 2.75) is 6.92 Å². The molecule has 0 aromatic heterocycles. The molecular formula is C18H16Cl2N2O4. The van der Waals surface area contributed by atoms with Crippen LogP contribution in [0.5, 0.6) is 0 Å². The largest absolute Gasteiger partial charge is 0.465 e. The first-order valence-electron chi connectivity index (χ1n) is 7.54. The smallest absolute Gasteiger partial charge is 0.339 e. The number of ether oxygens (including phenoxy) is 1. The van der Waals surface area contributed by atoms with Gasteiger partial charge < -0.3 is 15.0 Å². The molecule has 0 fully saturated rings. The number of hydrogen-bond acceptors (Lipinski definition) is 4. The molecule has 2 amide bonds. The summed E-state index contributed by atoms with van der Waals surface area (Å²) in [4.78, 5) is 37.6. The van der Waals surface area contributed by atoms with Crippen LogP contribution in [0.1, 0.15) is 17.3 Å². The van der Waals surface area contributed by atoms with Gasteiger partial charge in [0.15, 0.2) is 0 Å². The van der Waals surface area contributed by atoms with Crippen LogP contribution in [-0.2, 0) is 14.3 Å². The van der Waals surface area contributed by atoms with Crippen molar-refractivity contribution in [3.8, 4) is 0 Å². The number of rotatable bonds is 5. The predicted octanol–water partition coefficient (Wildman–Crippen LogP) is 3.77. The lowest BCUT2D eigenvalue weighted by Gasteiger charge is -2.23. The van der Waals surface area contributed by atoms with Crippen LogP contribution in [0.4, 0.5) is 11.4 Å². The third kappa shape index (κ3) is 4.53. The van der Waals surface area contributed by atoms with E-state index in [0.29, 0.717) is 10.7 Å². The summed E-state index contributed by atoms with van der Waals surface area (Å²) in [6, 6.07) is 11.2. The Labute approximate surface area is 160 Å². The fraction of sp³-hybridized carbons (Fsp3) is 0.167. The maximum atomic E-state index is 12.4. The number of methoxy groups -OCH3 is 1. The number of para-hydroxylation sites is 1. The average molecular weight is 395 g/mol. The number of benzene rings is 2. The van der Waals surface area contributed by atoms with Crippen molar-refractivity contribution >= 4 is 52.4 Å². The van der Waals surface area contributed by atoms with Crippen LogP contribution in [0.3, 0.4) is 0 Å². The number of nitrogens with zero attached hydrogens (tertiary/aromatic N) is 1. The van der Waals surface area contributed by atoms with Crippen molar-refractivity contribution in [2.75, 3.05) is 23.9 Å². The molecule has 6 nitrogen and oxygen atoms in total. The standard InChI is InChI=1S/C18H16Cl2N2O4/c1-11(23)22(15-9-4-3-6-12(15)18(25)26-2)10-16(24)21-14-8-5-7-13(19)17(14)20/h3-9H,10H2,1-2H3,(H,21,24). The highest BCUT2D eigenvalue weighted by molar-refractivity contribution is 6.44. The summed E-state index contributed by atoms with van der Waals surface area (Å²) in [5.41, 5.74) is 0.784. The number of halogens is 2. The minimum absolute atomic E-state index is 0.179. The Morgan fingerprint density at radius 1 is 1.08 bits per heavy atom. The molecule has 136 valence electrons. The molecule has 0 unspecified atom stereocenters.